The molecule has 0 N–H and O–H groups in total. The van der Waals surface area contributed by atoms with Crippen molar-refractivity contribution in [2.45, 2.75) is 19.8 Å². The van der Waals surface area contributed by atoms with E-state index in [1.54, 1.807) is 17.0 Å². The molecule has 2 aromatic heterocycles. The summed E-state index contributed by atoms with van der Waals surface area (Å²) in [5.74, 6) is 0.386. The number of imidazole rings is 1. The van der Waals surface area contributed by atoms with Gasteiger partial charge in [0.15, 0.2) is 11.6 Å². The van der Waals surface area contributed by atoms with Crippen LogP contribution in [0, 0.1) is 5.82 Å². The molecule has 0 bridgehead atoms. The molecule has 0 fully saturated rings. The van der Waals surface area contributed by atoms with Crippen LogP contribution in [0.25, 0.3) is 5.82 Å². The molecule has 0 saturated carbocycles. The quantitative estimate of drug-likeness (QED) is 0.774. The van der Waals surface area contributed by atoms with E-state index in [1.165, 1.54) is 0 Å². The molecule has 0 amide bonds. The highest BCUT2D eigenvalue weighted by atomic mass is 35.5. The lowest BCUT2D eigenvalue weighted by Crippen LogP contribution is -2.06. The highest BCUT2D eigenvalue weighted by molar-refractivity contribution is 6.28. The van der Waals surface area contributed by atoms with Gasteiger partial charge < -0.3 is 0 Å². The van der Waals surface area contributed by atoms with Gasteiger partial charge in [-0.3, -0.25) is 4.57 Å². The summed E-state index contributed by atoms with van der Waals surface area (Å²) >= 11 is 5.64. The standard InChI is InChI=1S/C10H10ClFN4/c1-2-3-8-13-4-5-16(8)9-7(12)6-14-10(11)15-9/h4-6H,2-3H2,1H3. The number of hydrogen-bond donors (Lipinski definition) is 0. The molecule has 0 radical (unpaired) electrons. The van der Waals surface area contributed by atoms with Gasteiger partial charge in [0.1, 0.15) is 5.82 Å². The number of aromatic nitrogens is 4. The van der Waals surface area contributed by atoms with Crippen molar-refractivity contribution in [1.82, 2.24) is 19.5 Å². The summed E-state index contributed by atoms with van der Waals surface area (Å²) in [6, 6.07) is 0. The van der Waals surface area contributed by atoms with Crippen LogP contribution >= 0.6 is 11.6 Å². The van der Waals surface area contributed by atoms with E-state index in [-0.39, 0.29) is 11.1 Å². The molecule has 0 aliphatic carbocycles. The molecule has 0 atom stereocenters. The van der Waals surface area contributed by atoms with Crippen molar-refractivity contribution < 1.29 is 4.39 Å². The summed E-state index contributed by atoms with van der Waals surface area (Å²) in [7, 11) is 0. The smallest absolute Gasteiger partial charge is 0.224 e. The maximum absolute atomic E-state index is 13.5. The number of aryl methyl sites for hydroxylation is 1. The highest BCUT2D eigenvalue weighted by Crippen LogP contribution is 2.14. The van der Waals surface area contributed by atoms with Crippen LogP contribution in [0.2, 0.25) is 5.28 Å². The fourth-order valence-electron chi connectivity index (χ4n) is 1.44. The molecule has 0 aliphatic rings. The van der Waals surface area contributed by atoms with Crippen LogP contribution in [0.5, 0.6) is 0 Å². The Labute approximate surface area is 97.1 Å². The number of rotatable bonds is 3. The lowest BCUT2D eigenvalue weighted by Gasteiger charge is -2.06. The Balaban J connectivity index is 2.49. The van der Waals surface area contributed by atoms with Gasteiger partial charge in [0.05, 0.1) is 6.20 Å². The lowest BCUT2D eigenvalue weighted by atomic mass is 10.3. The topological polar surface area (TPSA) is 43.6 Å². The zero-order valence-electron chi connectivity index (χ0n) is 8.69. The van der Waals surface area contributed by atoms with Gasteiger partial charge in [-0.25, -0.2) is 14.4 Å². The van der Waals surface area contributed by atoms with Crippen molar-refractivity contribution in [2.24, 2.45) is 0 Å². The Morgan fingerprint density at radius 2 is 2.25 bits per heavy atom. The van der Waals surface area contributed by atoms with Crippen LogP contribution in [0.4, 0.5) is 4.39 Å². The molecule has 2 heterocycles. The van der Waals surface area contributed by atoms with Crippen LogP contribution in [0.1, 0.15) is 19.2 Å². The molecule has 0 aliphatic heterocycles. The first-order valence-corrected chi connectivity index (χ1v) is 5.30. The molecule has 4 nitrogen and oxygen atoms in total. The fourth-order valence-corrected chi connectivity index (χ4v) is 1.57. The van der Waals surface area contributed by atoms with Gasteiger partial charge >= 0.3 is 0 Å². The van der Waals surface area contributed by atoms with Crippen LogP contribution in [-0.4, -0.2) is 19.5 Å². The third kappa shape index (κ3) is 2.04. The SMILES string of the molecule is CCCc1nccn1-c1nc(Cl)ncc1F. The average molecular weight is 241 g/mol. The average Bonchev–Trinajstić information content (AvgIpc) is 2.70. The molecule has 0 unspecified atom stereocenters. The molecule has 16 heavy (non-hydrogen) atoms. The number of hydrogen-bond acceptors (Lipinski definition) is 3. The monoisotopic (exact) mass is 240 g/mol. The van der Waals surface area contributed by atoms with E-state index in [0.717, 1.165) is 24.9 Å². The predicted molar refractivity (Wildman–Crippen MR) is 58.1 cm³/mol. The zero-order chi connectivity index (χ0) is 11.5. The zero-order valence-corrected chi connectivity index (χ0v) is 9.45. The largest absolute Gasteiger partial charge is 0.285 e. The van der Waals surface area contributed by atoms with Gasteiger partial charge in [0, 0.05) is 18.8 Å². The summed E-state index contributed by atoms with van der Waals surface area (Å²) < 4.78 is 15.1. The molecule has 0 aromatic carbocycles. The normalized spacial score (nSPS) is 10.7. The summed E-state index contributed by atoms with van der Waals surface area (Å²) in [6.45, 7) is 2.03. The first-order valence-electron chi connectivity index (χ1n) is 4.93. The van der Waals surface area contributed by atoms with Crippen molar-refractivity contribution >= 4 is 11.6 Å². The summed E-state index contributed by atoms with van der Waals surface area (Å²) in [5, 5.41) is 0.0209. The van der Waals surface area contributed by atoms with Gasteiger partial charge in [-0.15, -0.1) is 0 Å². The van der Waals surface area contributed by atoms with E-state index in [0.29, 0.717) is 0 Å². The van der Waals surface area contributed by atoms with Crippen LogP contribution in [0.3, 0.4) is 0 Å². The Hall–Kier alpha value is -1.49. The molecular weight excluding hydrogens is 231 g/mol. The molecule has 0 saturated heterocycles. The second-order valence-corrected chi connectivity index (χ2v) is 3.61. The minimum atomic E-state index is -0.514. The third-order valence-electron chi connectivity index (χ3n) is 2.12. The van der Waals surface area contributed by atoms with Gasteiger partial charge in [0.2, 0.25) is 5.28 Å². The highest BCUT2D eigenvalue weighted by Gasteiger charge is 2.11. The summed E-state index contributed by atoms with van der Waals surface area (Å²) in [5.41, 5.74) is 0. The maximum Gasteiger partial charge on any atom is 0.224 e. The van der Waals surface area contributed by atoms with E-state index in [4.69, 9.17) is 11.6 Å². The fraction of sp³-hybridized carbons (Fsp3) is 0.300. The van der Waals surface area contributed by atoms with Crippen molar-refractivity contribution in [2.75, 3.05) is 0 Å². The van der Waals surface area contributed by atoms with E-state index < -0.39 is 5.82 Å². The first-order chi connectivity index (χ1) is 7.72. The van der Waals surface area contributed by atoms with Gasteiger partial charge in [-0.05, 0) is 18.0 Å². The molecule has 2 aromatic rings. The van der Waals surface area contributed by atoms with E-state index in [9.17, 15) is 4.39 Å². The Kier molecular flexibility index (Phi) is 3.14. The number of halogens is 2. The second kappa shape index (κ2) is 4.57. The van der Waals surface area contributed by atoms with Crippen LogP contribution < -0.4 is 0 Å². The van der Waals surface area contributed by atoms with Crippen molar-refractivity contribution in [1.29, 1.82) is 0 Å². The van der Waals surface area contributed by atoms with E-state index in [2.05, 4.69) is 15.0 Å². The number of nitrogens with zero attached hydrogens (tertiary/aromatic N) is 4. The minimum absolute atomic E-state index is 0.0209. The predicted octanol–water partition coefficient (Wildman–Crippen LogP) is 2.41. The maximum atomic E-state index is 13.5. The summed E-state index contributed by atoms with van der Waals surface area (Å²) in [6.07, 6.45) is 6.01. The van der Waals surface area contributed by atoms with Crippen LogP contribution in [-0.2, 0) is 6.42 Å². The lowest BCUT2D eigenvalue weighted by molar-refractivity contribution is 0.597. The van der Waals surface area contributed by atoms with Crippen molar-refractivity contribution in [3.05, 3.63) is 35.5 Å². The van der Waals surface area contributed by atoms with Gasteiger partial charge in [-0.1, -0.05) is 6.92 Å². The molecule has 0 spiro atoms. The van der Waals surface area contributed by atoms with Crippen molar-refractivity contribution in [3.8, 4) is 5.82 Å². The molecular formula is C10H10ClFN4. The van der Waals surface area contributed by atoms with Crippen molar-refractivity contribution in [3.63, 3.8) is 0 Å². The van der Waals surface area contributed by atoms with Crippen LogP contribution in [0.15, 0.2) is 18.6 Å². The summed E-state index contributed by atoms with van der Waals surface area (Å²) in [4.78, 5) is 11.6. The Morgan fingerprint density at radius 1 is 1.44 bits per heavy atom. The Bertz CT molecular complexity index is 497. The van der Waals surface area contributed by atoms with Gasteiger partial charge in [-0.2, -0.15) is 4.98 Å². The third-order valence-corrected chi connectivity index (χ3v) is 2.30. The molecule has 84 valence electrons. The molecule has 2 rings (SSSR count). The molecule has 6 heteroatoms. The van der Waals surface area contributed by atoms with Gasteiger partial charge in [0.25, 0.3) is 0 Å². The second-order valence-electron chi connectivity index (χ2n) is 3.27. The van der Waals surface area contributed by atoms with E-state index in [1.807, 2.05) is 6.92 Å². The minimum Gasteiger partial charge on any atom is -0.285 e. The van der Waals surface area contributed by atoms with E-state index >= 15 is 0 Å². The first kappa shape index (κ1) is 11.0. The Morgan fingerprint density at radius 3 is 3.00 bits per heavy atom.